The maximum Gasteiger partial charge on any atom is 0.334 e. The van der Waals surface area contributed by atoms with Crippen LogP contribution in [0.15, 0.2) is 48.6 Å². The Hall–Kier alpha value is -2.63. The summed E-state index contributed by atoms with van der Waals surface area (Å²) in [6.07, 6.45) is 2.03. The molecule has 0 unspecified atom stereocenters. The molecule has 0 aromatic rings. The number of hydrogen-bond acceptors (Lipinski definition) is 5. The van der Waals surface area contributed by atoms with Gasteiger partial charge in [-0.2, -0.15) is 0 Å². The zero-order valence-corrected chi connectivity index (χ0v) is 15.3. The fourth-order valence-electron chi connectivity index (χ4n) is 3.78. The standard InChI is InChI=1S/C20H24O6/c1-7-10(3)18(23)25-13-9-20(6,8-2)15(12(5)17(21)22)16-14(13)11(4)19(24)26-16/h7-8,13-16H,2,4-5,9H2,1,3,6H3,(H,21,22)/b10-7-/t13-,14+,15+,16-,20+/m0/s1. The summed E-state index contributed by atoms with van der Waals surface area (Å²) < 4.78 is 11.1. The number of fused-ring (bicyclic) bond motifs is 1. The van der Waals surface area contributed by atoms with E-state index in [1.54, 1.807) is 32.9 Å². The molecule has 2 rings (SSSR count). The molecule has 0 bridgehead atoms. The van der Waals surface area contributed by atoms with Gasteiger partial charge >= 0.3 is 17.9 Å². The Morgan fingerprint density at radius 2 is 2.04 bits per heavy atom. The van der Waals surface area contributed by atoms with Gasteiger partial charge in [0.15, 0.2) is 0 Å². The second kappa shape index (κ2) is 6.94. The summed E-state index contributed by atoms with van der Waals surface area (Å²) in [5.41, 5.74) is -0.231. The SMILES string of the molecule is C=C[C@]1(C)C[C@H](OC(=O)/C(C)=C\C)[C@H]2C(=C)C(=O)O[C@@H]2[C@H]1C(=C)C(=O)O. The fraction of sp³-hybridized carbons (Fsp3) is 0.450. The number of allylic oxidation sites excluding steroid dienone is 2. The quantitative estimate of drug-likeness (QED) is 0.461. The topological polar surface area (TPSA) is 89.9 Å². The van der Waals surface area contributed by atoms with Crippen molar-refractivity contribution >= 4 is 17.9 Å². The number of rotatable bonds is 5. The molecule has 26 heavy (non-hydrogen) atoms. The second-order valence-corrected chi connectivity index (χ2v) is 7.06. The molecule has 1 saturated heterocycles. The number of carbonyl (C=O) groups excluding carboxylic acids is 2. The van der Waals surface area contributed by atoms with Crippen LogP contribution in [0, 0.1) is 17.3 Å². The van der Waals surface area contributed by atoms with E-state index in [1.165, 1.54) is 0 Å². The number of aliphatic carboxylic acids is 1. The van der Waals surface area contributed by atoms with Crippen molar-refractivity contribution in [2.24, 2.45) is 17.3 Å². The van der Waals surface area contributed by atoms with Crippen LogP contribution in [-0.4, -0.2) is 35.2 Å². The van der Waals surface area contributed by atoms with Crippen LogP contribution in [0.4, 0.5) is 0 Å². The van der Waals surface area contributed by atoms with Crippen molar-refractivity contribution in [3.8, 4) is 0 Å². The average molecular weight is 360 g/mol. The van der Waals surface area contributed by atoms with Gasteiger partial charge in [-0.3, -0.25) is 0 Å². The highest BCUT2D eigenvalue weighted by Gasteiger charge is 2.59. The lowest BCUT2D eigenvalue weighted by Gasteiger charge is -2.47. The van der Waals surface area contributed by atoms with Crippen LogP contribution in [0.3, 0.4) is 0 Å². The molecule has 1 heterocycles. The molecular formula is C20H24O6. The van der Waals surface area contributed by atoms with Gasteiger partial charge in [0.1, 0.15) is 12.2 Å². The molecule has 2 aliphatic rings. The Morgan fingerprint density at radius 3 is 2.54 bits per heavy atom. The Kier molecular flexibility index (Phi) is 5.26. The van der Waals surface area contributed by atoms with Gasteiger partial charge in [-0.25, -0.2) is 14.4 Å². The molecule has 140 valence electrons. The van der Waals surface area contributed by atoms with E-state index in [9.17, 15) is 19.5 Å². The first-order valence-corrected chi connectivity index (χ1v) is 8.36. The summed E-state index contributed by atoms with van der Waals surface area (Å²) in [4.78, 5) is 35.9. The van der Waals surface area contributed by atoms with Gasteiger partial charge in [0.25, 0.3) is 0 Å². The molecule has 6 heteroatoms. The van der Waals surface area contributed by atoms with E-state index < -0.39 is 47.4 Å². The normalized spacial score (nSPS) is 33.9. The van der Waals surface area contributed by atoms with E-state index >= 15 is 0 Å². The third-order valence-electron chi connectivity index (χ3n) is 5.47. The minimum atomic E-state index is -1.17. The van der Waals surface area contributed by atoms with Gasteiger partial charge in [0, 0.05) is 22.6 Å². The van der Waals surface area contributed by atoms with Crippen LogP contribution < -0.4 is 0 Å². The van der Waals surface area contributed by atoms with Gasteiger partial charge in [-0.15, -0.1) is 6.58 Å². The number of carbonyl (C=O) groups is 3. The zero-order valence-electron chi connectivity index (χ0n) is 15.3. The first-order chi connectivity index (χ1) is 12.1. The largest absolute Gasteiger partial charge is 0.478 e. The molecule has 6 nitrogen and oxygen atoms in total. The van der Waals surface area contributed by atoms with Crippen molar-refractivity contribution in [3.63, 3.8) is 0 Å². The van der Waals surface area contributed by atoms with Gasteiger partial charge < -0.3 is 14.6 Å². The Labute approximate surface area is 152 Å². The van der Waals surface area contributed by atoms with Crippen LogP contribution in [0.25, 0.3) is 0 Å². The van der Waals surface area contributed by atoms with E-state index in [0.717, 1.165) is 0 Å². The molecule has 5 atom stereocenters. The number of esters is 2. The van der Waals surface area contributed by atoms with Gasteiger partial charge in [-0.05, 0) is 25.7 Å². The van der Waals surface area contributed by atoms with Gasteiger partial charge in [-0.1, -0.05) is 32.2 Å². The minimum Gasteiger partial charge on any atom is -0.478 e. The predicted molar refractivity (Wildman–Crippen MR) is 95.0 cm³/mol. The summed E-state index contributed by atoms with van der Waals surface area (Å²) in [5.74, 6) is -3.59. The van der Waals surface area contributed by atoms with Crippen molar-refractivity contribution in [1.29, 1.82) is 0 Å². The third-order valence-corrected chi connectivity index (χ3v) is 5.47. The Balaban J connectivity index is 2.49. The van der Waals surface area contributed by atoms with Crippen LogP contribution in [-0.2, 0) is 23.9 Å². The lowest BCUT2D eigenvalue weighted by Crippen LogP contribution is -2.52. The molecule has 1 saturated carbocycles. The number of carboxylic acid groups (broad SMARTS) is 1. The van der Waals surface area contributed by atoms with Crippen molar-refractivity contribution in [2.45, 2.75) is 39.4 Å². The summed E-state index contributed by atoms with van der Waals surface area (Å²) in [7, 11) is 0. The van der Waals surface area contributed by atoms with E-state index in [2.05, 4.69) is 19.7 Å². The molecule has 1 aliphatic carbocycles. The van der Waals surface area contributed by atoms with Crippen LogP contribution in [0.2, 0.25) is 0 Å². The van der Waals surface area contributed by atoms with E-state index in [0.29, 0.717) is 5.57 Å². The van der Waals surface area contributed by atoms with E-state index in [1.807, 2.05) is 0 Å². The summed E-state index contributed by atoms with van der Waals surface area (Å²) in [6, 6.07) is 0. The maximum absolute atomic E-state index is 12.3. The molecule has 0 amide bonds. The molecular weight excluding hydrogens is 336 g/mol. The Morgan fingerprint density at radius 1 is 1.42 bits per heavy atom. The lowest BCUT2D eigenvalue weighted by molar-refractivity contribution is -0.160. The molecule has 1 N–H and O–H groups in total. The second-order valence-electron chi connectivity index (χ2n) is 7.06. The summed E-state index contributed by atoms with van der Waals surface area (Å²) >= 11 is 0. The maximum atomic E-state index is 12.3. The molecule has 1 aliphatic heterocycles. The number of ether oxygens (including phenoxy) is 2. The zero-order chi connectivity index (χ0) is 19.8. The van der Waals surface area contributed by atoms with Crippen molar-refractivity contribution in [2.75, 3.05) is 0 Å². The van der Waals surface area contributed by atoms with Crippen LogP contribution >= 0.6 is 0 Å². The van der Waals surface area contributed by atoms with Gasteiger partial charge in [0.05, 0.1) is 5.92 Å². The summed E-state index contributed by atoms with van der Waals surface area (Å²) in [6.45, 7) is 16.4. The molecule has 0 spiro atoms. The molecule has 0 aromatic heterocycles. The van der Waals surface area contributed by atoms with Crippen LogP contribution in [0.1, 0.15) is 27.2 Å². The highest BCUT2D eigenvalue weighted by atomic mass is 16.6. The minimum absolute atomic E-state index is 0.0701. The first-order valence-electron chi connectivity index (χ1n) is 8.36. The summed E-state index contributed by atoms with van der Waals surface area (Å²) in [5, 5.41) is 9.44. The fourth-order valence-corrected chi connectivity index (χ4v) is 3.78. The molecule has 0 aromatic carbocycles. The average Bonchev–Trinajstić information content (AvgIpc) is 2.88. The van der Waals surface area contributed by atoms with Crippen molar-refractivity contribution < 1.29 is 29.0 Å². The highest BCUT2D eigenvalue weighted by Crippen LogP contribution is 2.53. The predicted octanol–water partition coefficient (Wildman–Crippen LogP) is 2.82. The first kappa shape index (κ1) is 19.7. The van der Waals surface area contributed by atoms with Crippen molar-refractivity contribution in [3.05, 3.63) is 48.6 Å². The van der Waals surface area contributed by atoms with E-state index in [-0.39, 0.29) is 17.6 Å². The van der Waals surface area contributed by atoms with Crippen LogP contribution in [0.5, 0.6) is 0 Å². The number of hydrogen-bond donors (Lipinski definition) is 1. The third kappa shape index (κ3) is 3.11. The number of carboxylic acids is 1. The monoisotopic (exact) mass is 360 g/mol. The smallest absolute Gasteiger partial charge is 0.334 e. The lowest BCUT2D eigenvalue weighted by atomic mass is 9.59. The van der Waals surface area contributed by atoms with Gasteiger partial charge in [0.2, 0.25) is 0 Å². The van der Waals surface area contributed by atoms with E-state index in [4.69, 9.17) is 9.47 Å². The highest BCUT2D eigenvalue weighted by molar-refractivity contribution is 5.93. The Bertz CT molecular complexity index is 731. The molecule has 2 fully saturated rings. The molecule has 0 radical (unpaired) electrons. The van der Waals surface area contributed by atoms with Crippen molar-refractivity contribution in [1.82, 2.24) is 0 Å².